The molecule has 0 aliphatic rings. The molecule has 1 aromatic heterocycles. The minimum atomic E-state index is -1.27. The van der Waals surface area contributed by atoms with Crippen molar-refractivity contribution in [2.24, 2.45) is 12.8 Å². The predicted molar refractivity (Wildman–Crippen MR) is 64.5 cm³/mol. The number of esters is 1. The Labute approximate surface area is 105 Å². The fourth-order valence-corrected chi connectivity index (χ4v) is 1.36. The fraction of sp³-hybridized carbons (Fsp3) is 0.545. The SMILES string of the molecule is CCOC(=O)C(N)C(=O)NCCc1ccn(C)n1. The van der Waals surface area contributed by atoms with Gasteiger partial charge in [0.05, 0.1) is 12.3 Å². The highest BCUT2D eigenvalue weighted by Crippen LogP contribution is 1.94. The number of amides is 1. The van der Waals surface area contributed by atoms with Crippen molar-refractivity contribution in [3.63, 3.8) is 0 Å². The van der Waals surface area contributed by atoms with Gasteiger partial charge in [0.2, 0.25) is 5.91 Å². The van der Waals surface area contributed by atoms with Crippen LogP contribution in [0.4, 0.5) is 0 Å². The number of carbonyl (C=O) groups excluding carboxylic acids is 2. The van der Waals surface area contributed by atoms with Gasteiger partial charge in [0, 0.05) is 26.2 Å². The number of nitrogens with one attached hydrogen (secondary N) is 1. The Morgan fingerprint density at radius 3 is 2.89 bits per heavy atom. The normalized spacial score (nSPS) is 11.9. The average Bonchev–Trinajstić information content (AvgIpc) is 2.74. The second-order valence-electron chi connectivity index (χ2n) is 3.75. The van der Waals surface area contributed by atoms with Crippen LogP contribution in [0.3, 0.4) is 0 Å². The molecule has 0 bridgehead atoms. The number of aromatic nitrogens is 2. The van der Waals surface area contributed by atoms with E-state index in [2.05, 4.69) is 15.2 Å². The van der Waals surface area contributed by atoms with Crippen molar-refractivity contribution in [3.8, 4) is 0 Å². The Bertz CT molecular complexity index is 416. The summed E-state index contributed by atoms with van der Waals surface area (Å²) in [5.41, 5.74) is 6.29. The van der Waals surface area contributed by atoms with Gasteiger partial charge in [0.1, 0.15) is 0 Å². The molecule has 3 N–H and O–H groups in total. The summed E-state index contributed by atoms with van der Waals surface area (Å²) in [6.07, 6.45) is 2.41. The Hall–Kier alpha value is -1.89. The number of aryl methyl sites for hydroxylation is 1. The molecule has 0 radical (unpaired) electrons. The molecule has 1 amide bonds. The van der Waals surface area contributed by atoms with Crippen molar-refractivity contribution in [2.75, 3.05) is 13.2 Å². The molecular formula is C11H18N4O3. The zero-order chi connectivity index (χ0) is 13.5. The fourth-order valence-electron chi connectivity index (χ4n) is 1.36. The van der Waals surface area contributed by atoms with Gasteiger partial charge in [-0.15, -0.1) is 0 Å². The molecule has 100 valence electrons. The molecule has 1 heterocycles. The van der Waals surface area contributed by atoms with Gasteiger partial charge in [-0.3, -0.25) is 9.48 Å². The molecule has 0 fully saturated rings. The van der Waals surface area contributed by atoms with Crippen LogP contribution < -0.4 is 11.1 Å². The minimum absolute atomic E-state index is 0.202. The Balaban J connectivity index is 2.30. The molecule has 1 rings (SSSR count). The molecule has 7 heteroatoms. The maximum Gasteiger partial charge on any atom is 0.332 e. The first-order valence-electron chi connectivity index (χ1n) is 5.73. The number of nitrogens with zero attached hydrogens (tertiary/aromatic N) is 2. The topological polar surface area (TPSA) is 99.2 Å². The summed E-state index contributed by atoms with van der Waals surface area (Å²) in [6, 6.07) is 0.589. The van der Waals surface area contributed by atoms with Gasteiger partial charge in [-0.25, -0.2) is 4.79 Å². The molecular weight excluding hydrogens is 236 g/mol. The summed E-state index contributed by atoms with van der Waals surface area (Å²) in [6.45, 7) is 2.24. The number of hydrogen-bond donors (Lipinski definition) is 2. The Morgan fingerprint density at radius 2 is 2.33 bits per heavy atom. The summed E-state index contributed by atoms with van der Waals surface area (Å²) in [5, 5.41) is 6.72. The van der Waals surface area contributed by atoms with E-state index in [4.69, 9.17) is 5.73 Å². The van der Waals surface area contributed by atoms with E-state index in [1.807, 2.05) is 19.3 Å². The van der Waals surface area contributed by atoms with Crippen molar-refractivity contribution in [1.82, 2.24) is 15.1 Å². The van der Waals surface area contributed by atoms with Gasteiger partial charge in [-0.2, -0.15) is 5.10 Å². The summed E-state index contributed by atoms with van der Waals surface area (Å²) in [7, 11) is 1.82. The third-order valence-corrected chi connectivity index (χ3v) is 2.27. The molecule has 0 spiro atoms. The first kappa shape index (κ1) is 14.2. The Kier molecular flexibility index (Phi) is 5.31. The number of ether oxygens (including phenoxy) is 1. The first-order chi connectivity index (χ1) is 8.54. The number of nitrogens with two attached hydrogens (primary N) is 1. The van der Waals surface area contributed by atoms with E-state index >= 15 is 0 Å². The molecule has 0 aliphatic carbocycles. The van der Waals surface area contributed by atoms with Gasteiger partial charge in [-0.05, 0) is 13.0 Å². The van der Waals surface area contributed by atoms with E-state index < -0.39 is 17.9 Å². The smallest absolute Gasteiger partial charge is 0.332 e. The standard InChI is InChI=1S/C11H18N4O3/c1-3-18-11(17)9(12)10(16)13-6-4-8-5-7-15(2)14-8/h5,7,9H,3-4,6,12H2,1-2H3,(H,13,16). The second kappa shape index (κ2) is 6.75. The predicted octanol–water partition coefficient (Wildman–Crippen LogP) is -1.03. The zero-order valence-electron chi connectivity index (χ0n) is 10.5. The van der Waals surface area contributed by atoms with Crippen LogP contribution in [-0.2, 0) is 27.8 Å². The minimum Gasteiger partial charge on any atom is -0.464 e. The lowest BCUT2D eigenvalue weighted by molar-refractivity contribution is -0.147. The third-order valence-electron chi connectivity index (χ3n) is 2.27. The lowest BCUT2D eigenvalue weighted by atomic mass is 10.2. The van der Waals surface area contributed by atoms with E-state index in [0.717, 1.165) is 5.69 Å². The van der Waals surface area contributed by atoms with Gasteiger partial charge < -0.3 is 15.8 Å². The summed E-state index contributed by atoms with van der Waals surface area (Å²) < 4.78 is 6.33. The van der Waals surface area contributed by atoms with E-state index in [9.17, 15) is 9.59 Å². The highest BCUT2D eigenvalue weighted by atomic mass is 16.5. The van der Waals surface area contributed by atoms with Crippen molar-refractivity contribution in [2.45, 2.75) is 19.4 Å². The van der Waals surface area contributed by atoms with E-state index in [1.54, 1.807) is 11.6 Å². The van der Waals surface area contributed by atoms with Gasteiger partial charge in [-0.1, -0.05) is 0 Å². The summed E-state index contributed by atoms with van der Waals surface area (Å²) >= 11 is 0. The zero-order valence-corrected chi connectivity index (χ0v) is 10.5. The molecule has 1 atom stereocenters. The molecule has 7 nitrogen and oxygen atoms in total. The van der Waals surface area contributed by atoms with E-state index in [-0.39, 0.29) is 6.61 Å². The van der Waals surface area contributed by atoms with Crippen LogP contribution in [0.2, 0.25) is 0 Å². The maximum atomic E-state index is 11.5. The summed E-state index contributed by atoms with van der Waals surface area (Å²) in [5.74, 6) is -1.25. The molecule has 1 unspecified atom stereocenters. The summed E-state index contributed by atoms with van der Waals surface area (Å²) in [4.78, 5) is 22.7. The first-order valence-corrected chi connectivity index (χ1v) is 5.73. The van der Waals surface area contributed by atoms with Crippen LogP contribution in [0.5, 0.6) is 0 Å². The number of rotatable bonds is 6. The van der Waals surface area contributed by atoms with Gasteiger partial charge in [0.15, 0.2) is 6.04 Å². The van der Waals surface area contributed by atoms with Crippen LogP contribution in [0, 0.1) is 0 Å². The van der Waals surface area contributed by atoms with E-state index in [0.29, 0.717) is 13.0 Å². The molecule has 0 saturated heterocycles. The largest absolute Gasteiger partial charge is 0.464 e. The van der Waals surface area contributed by atoms with Crippen molar-refractivity contribution < 1.29 is 14.3 Å². The molecule has 18 heavy (non-hydrogen) atoms. The van der Waals surface area contributed by atoms with Crippen molar-refractivity contribution >= 4 is 11.9 Å². The molecule has 0 saturated carbocycles. The van der Waals surface area contributed by atoms with Crippen molar-refractivity contribution in [1.29, 1.82) is 0 Å². The Morgan fingerprint density at radius 1 is 1.61 bits per heavy atom. The average molecular weight is 254 g/mol. The third kappa shape index (κ3) is 4.17. The van der Waals surface area contributed by atoms with Crippen LogP contribution in [-0.4, -0.2) is 40.9 Å². The van der Waals surface area contributed by atoms with Gasteiger partial charge >= 0.3 is 5.97 Å². The van der Waals surface area contributed by atoms with E-state index in [1.165, 1.54) is 0 Å². The number of hydrogen-bond acceptors (Lipinski definition) is 5. The van der Waals surface area contributed by atoms with Crippen molar-refractivity contribution in [3.05, 3.63) is 18.0 Å². The monoisotopic (exact) mass is 254 g/mol. The van der Waals surface area contributed by atoms with Gasteiger partial charge in [0.25, 0.3) is 0 Å². The lowest BCUT2D eigenvalue weighted by Crippen LogP contribution is -2.47. The van der Waals surface area contributed by atoms with Crippen LogP contribution in [0.25, 0.3) is 0 Å². The molecule has 1 aromatic rings. The molecule has 0 aromatic carbocycles. The second-order valence-corrected chi connectivity index (χ2v) is 3.75. The molecule has 0 aliphatic heterocycles. The van der Waals surface area contributed by atoms with Crippen LogP contribution in [0.1, 0.15) is 12.6 Å². The highest BCUT2D eigenvalue weighted by Gasteiger charge is 2.22. The van der Waals surface area contributed by atoms with Crippen LogP contribution in [0.15, 0.2) is 12.3 Å². The maximum absolute atomic E-state index is 11.5. The van der Waals surface area contributed by atoms with Crippen LogP contribution >= 0.6 is 0 Å². The quantitative estimate of drug-likeness (QED) is 0.499. The lowest BCUT2D eigenvalue weighted by Gasteiger charge is -2.10. The number of carbonyl (C=O) groups is 2. The highest BCUT2D eigenvalue weighted by molar-refractivity contribution is 6.01.